The van der Waals surface area contributed by atoms with Gasteiger partial charge in [0.1, 0.15) is 17.5 Å². The smallest absolute Gasteiger partial charge is 0.139 e. The molecule has 0 aromatic heterocycles. The molecule has 4 heteroatoms. The number of fused-ring (bicyclic) bond motifs is 4. The number of ketones is 1. The van der Waals surface area contributed by atoms with Crippen molar-refractivity contribution in [3.8, 4) is 0 Å². The van der Waals surface area contributed by atoms with E-state index in [4.69, 9.17) is 9.47 Å². The summed E-state index contributed by atoms with van der Waals surface area (Å²) in [6.45, 7) is 7.39. The van der Waals surface area contributed by atoms with Crippen LogP contribution >= 0.6 is 0 Å². The minimum Gasteiger partial charge on any atom is -0.390 e. The van der Waals surface area contributed by atoms with Crippen molar-refractivity contribution in [1.82, 2.24) is 0 Å². The number of carbonyl (C=O) groups excluding carboxylic acids is 1. The SMILES string of the molecule is CCO[C@H]1CC[C@]2(C)[C@H]3CC[C@]4(C)C(=O)CC[C@H]4[C@@H]3[C@@H](O)[C@H]3OC32C1. The molecule has 5 aliphatic rings. The Labute approximate surface area is 150 Å². The van der Waals surface area contributed by atoms with Gasteiger partial charge in [-0.2, -0.15) is 0 Å². The lowest BCUT2D eigenvalue weighted by Gasteiger charge is -2.59. The van der Waals surface area contributed by atoms with E-state index in [0.29, 0.717) is 24.0 Å². The second-order valence-electron chi connectivity index (χ2n) is 9.86. The van der Waals surface area contributed by atoms with Crippen LogP contribution in [-0.4, -0.2) is 41.4 Å². The van der Waals surface area contributed by atoms with Crippen molar-refractivity contribution in [2.24, 2.45) is 28.6 Å². The zero-order valence-electron chi connectivity index (χ0n) is 15.8. The van der Waals surface area contributed by atoms with E-state index in [2.05, 4.69) is 20.8 Å². The number of hydrogen-bond donors (Lipinski definition) is 1. The molecule has 1 aliphatic heterocycles. The minimum absolute atomic E-state index is 0.0416. The van der Waals surface area contributed by atoms with Gasteiger partial charge in [-0.25, -0.2) is 0 Å². The summed E-state index contributed by atoms with van der Waals surface area (Å²) in [6, 6.07) is 0. The Morgan fingerprint density at radius 3 is 2.76 bits per heavy atom. The largest absolute Gasteiger partial charge is 0.390 e. The second-order valence-corrected chi connectivity index (χ2v) is 9.86. The van der Waals surface area contributed by atoms with Crippen molar-refractivity contribution in [2.75, 3.05) is 6.61 Å². The van der Waals surface area contributed by atoms with Gasteiger partial charge in [0.2, 0.25) is 0 Å². The van der Waals surface area contributed by atoms with Crippen LogP contribution in [0.25, 0.3) is 0 Å². The molecule has 0 aromatic carbocycles. The summed E-state index contributed by atoms with van der Waals surface area (Å²) >= 11 is 0. The first-order valence-electron chi connectivity index (χ1n) is 10.4. The highest BCUT2D eigenvalue weighted by molar-refractivity contribution is 5.87. The number of Topliss-reactive ketones (excluding diaryl/α,β-unsaturated/α-hetero) is 1. The molecule has 0 radical (unpaired) electrons. The third-order valence-corrected chi connectivity index (χ3v) is 9.19. The minimum atomic E-state index is -0.408. The molecular formula is C21H32O4. The molecule has 0 aromatic rings. The molecule has 4 saturated carbocycles. The summed E-state index contributed by atoms with van der Waals surface area (Å²) < 4.78 is 12.3. The highest BCUT2D eigenvalue weighted by atomic mass is 16.6. The van der Waals surface area contributed by atoms with Crippen LogP contribution in [0.4, 0.5) is 0 Å². The zero-order valence-corrected chi connectivity index (χ0v) is 15.8. The van der Waals surface area contributed by atoms with Crippen LogP contribution in [0.3, 0.4) is 0 Å². The fourth-order valence-corrected chi connectivity index (χ4v) is 7.77. The van der Waals surface area contributed by atoms with Gasteiger partial charge in [-0.3, -0.25) is 4.79 Å². The maximum atomic E-state index is 12.6. The zero-order chi connectivity index (χ0) is 17.6. The quantitative estimate of drug-likeness (QED) is 0.779. The van der Waals surface area contributed by atoms with E-state index in [1.54, 1.807) is 0 Å². The standard InChI is InChI=1S/C21H32O4/c1-4-24-12-7-10-20(3)14-8-9-19(2)13(5-6-15(19)22)16(14)17(23)18-21(20,11-12)25-18/h12-14,16-18,23H,4-11H2,1-3H3/t12-,13-,14-,16-,17+,18+,19-,20+,21?/m0/s1. The lowest BCUT2D eigenvalue weighted by Crippen LogP contribution is -2.63. The van der Waals surface area contributed by atoms with E-state index in [-0.39, 0.29) is 34.6 Å². The molecule has 1 heterocycles. The Hall–Kier alpha value is -0.450. The molecule has 4 aliphatic carbocycles. The van der Waals surface area contributed by atoms with Gasteiger partial charge in [0.25, 0.3) is 0 Å². The maximum absolute atomic E-state index is 12.6. The van der Waals surface area contributed by atoms with Crippen molar-refractivity contribution in [2.45, 2.75) is 89.6 Å². The van der Waals surface area contributed by atoms with Crippen LogP contribution < -0.4 is 0 Å². The van der Waals surface area contributed by atoms with Gasteiger partial charge in [0.05, 0.1) is 12.2 Å². The van der Waals surface area contributed by atoms with Crippen LogP contribution in [0.2, 0.25) is 0 Å². The third-order valence-electron chi connectivity index (χ3n) is 9.19. The van der Waals surface area contributed by atoms with Crippen molar-refractivity contribution >= 4 is 5.78 Å². The first kappa shape index (κ1) is 16.7. The van der Waals surface area contributed by atoms with E-state index in [9.17, 15) is 9.90 Å². The predicted molar refractivity (Wildman–Crippen MR) is 93.0 cm³/mol. The van der Waals surface area contributed by atoms with Crippen molar-refractivity contribution in [1.29, 1.82) is 0 Å². The van der Waals surface area contributed by atoms with Crippen molar-refractivity contribution in [3.05, 3.63) is 0 Å². The summed E-state index contributed by atoms with van der Waals surface area (Å²) in [5.74, 6) is 1.49. The van der Waals surface area contributed by atoms with Crippen LogP contribution in [0.15, 0.2) is 0 Å². The Bertz CT molecular complexity index is 605. The summed E-state index contributed by atoms with van der Waals surface area (Å²) in [6.07, 6.45) is 6.71. The van der Waals surface area contributed by atoms with Crippen molar-refractivity contribution in [3.63, 3.8) is 0 Å². The normalized spacial score (nSPS) is 59.6. The topological polar surface area (TPSA) is 59.1 Å². The molecule has 5 rings (SSSR count). The van der Waals surface area contributed by atoms with Crippen LogP contribution in [0.5, 0.6) is 0 Å². The van der Waals surface area contributed by atoms with Crippen LogP contribution in [-0.2, 0) is 14.3 Å². The molecule has 5 fully saturated rings. The molecular weight excluding hydrogens is 316 g/mol. The Morgan fingerprint density at radius 2 is 2.00 bits per heavy atom. The molecule has 140 valence electrons. The lowest BCUT2D eigenvalue weighted by atomic mass is 9.44. The van der Waals surface area contributed by atoms with E-state index < -0.39 is 6.10 Å². The highest BCUT2D eigenvalue weighted by Crippen LogP contribution is 2.73. The molecule has 4 nitrogen and oxygen atoms in total. The molecule has 25 heavy (non-hydrogen) atoms. The van der Waals surface area contributed by atoms with Crippen LogP contribution in [0, 0.1) is 28.6 Å². The van der Waals surface area contributed by atoms with Gasteiger partial charge in [0.15, 0.2) is 0 Å². The fraction of sp³-hybridized carbons (Fsp3) is 0.952. The molecule has 1 unspecified atom stereocenters. The van der Waals surface area contributed by atoms with E-state index in [1.807, 2.05) is 0 Å². The first-order chi connectivity index (χ1) is 11.9. The number of carbonyl (C=O) groups is 1. The average molecular weight is 348 g/mol. The molecule has 0 bridgehead atoms. The summed E-state index contributed by atoms with van der Waals surface area (Å²) in [4.78, 5) is 12.6. The number of aliphatic hydroxyl groups excluding tert-OH is 1. The Balaban J connectivity index is 1.50. The Morgan fingerprint density at radius 1 is 1.20 bits per heavy atom. The van der Waals surface area contributed by atoms with Gasteiger partial charge < -0.3 is 14.6 Å². The van der Waals surface area contributed by atoms with Gasteiger partial charge in [-0.15, -0.1) is 0 Å². The fourth-order valence-electron chi connectivity index (χ4n) is 7.77. The lowest BCUT2D eigenvalue weighted by molar-refractivity contribution is -0.156. The Kier molecular flexibility index (Phi) is 3.39. The highest BCUT2D eigenvalue weighted by Gasteiger charge is 2.79. The summed E-state index contributed by atoms with van der Waals surface area (Å²) in [7, 11) is 0. The molecule has 1 saturated heterocycles. The van der Waals surface area contributed by atoms with E-state index in [1.165, 1.54) is 0 Å². The van der Waals surface area contributed by atoms with E-state index >= 15 is 0 Å². The number of epoxide rings is 1. The maximum Gasteiger partial charge on any atom is 0.139 e. The number of aliphatic hydroxyl groups is 1. The van der Waals surface area contributed by atoms with Crippen LogP contribution in [0.1, 0.15) is 65.7 Å². The monoisotopic (exact) mass is 348 g/mol. The molecule has 0 amide bonds. The second kappa shape index (κ2) is 5.08. The number of hydrogen-bond acceptors (Lipinski definition) is 4. The number of rotatable bonds is 2. The summed E-state index contributed by atoms with van der Waals surface area (Å²) in [5, 5.41) is 11.2. The van der Waals surface area contributed by atoms with E-state index in [0.717, 1.165) is 45.1 Å². The van der Waals surface area contributed by atoms with Crippen molar-refractivity contribution < 1.29 is 19.4 Å². The van der Waals surface area contributed by atoms with Gasteiger partial charge in [0, 0.05) is 30.3 Å². The summed E-state index contributed by atoms with van der Waals surface area (Å²) in [5.41, 5.74) is -0.250. The molecule has 1 spiro atoms. The third kappa shape index (κ3) is 1.87. The molecule has 1 N–H and O–H groups in total. The average Bonchev–Trinajstić information content (AvgIpc) is 3.23. The predicted octanol–water partition coefficient (Wildman–Crippen LogP) is 3.11. The molecule has 9 atom stereocenters. The number of ether oxygens (including phenoxy) is 2. The van der Waals surface area contributed by atoms with Gasteiger partial charge >= 0.3 is 0 Å². The van der Waals surface area contributed by atoms with Gasteiger partial charge in [-0.05, 0) is 56.8 Å². The van der Waals surface area contributed by atoms with Gasteiger partial charge in [-0.1, -0.05) is 13.8 Å². The first-order valence-corrected chi connectivity index (χ1v) is 10.4.